The molecular formula is C21H41N7O6. The number of aliphatic carboxylic acids is 1. The van der Waals surface area contributed by atoms with E-state index in [2.05, 4.69) is 20.9 Å². The molecule has 0 fully saturated rings. The average molecular weight is 488 g/mol. The topological polar surface area (TPSA) is 235 Å². The Kier molecular flexibility index (Phi) is 14.5. The number of carbonyl (C=O) groups excluding carboxylic acids is 3. The fourth-order valence-electron chi connectivity index (χ4n) is 3.07. The lowest BCUT2D eigenvalue weighted by Crippen LogP contribution is -2.58. The minimum absolute atomic E-state index is 0.115. The molecule has 0 aliphatic heterocycles. The van der Waals surface area contributed by atoms with E-state index in [4.69, 9.17) is 17.2 Å². The zero-order valence-electron chi connectivity index (χ0n) is 20.4. The molecule has 13 heteroatoms. The highest BCUT2D eigenvalue weighted by Crippen LogP contribution is 2.09. The van der Waals surface area contributed by atoms with Crippen molar-refractivity contribution in [3.8, 4) is 0 Å². The number of nitrogens with one attached hydrogen (secondary N) is 3. The predicted octanol–water partition coefficient (Wildman–Crippen LogP) is -2.01. The number of nitrogens with two attached hydrogens (primary N) is 3. The molecule has 0 heterocycles. The van der Waals surface area contributed by atoms with Crippen LogP contribution >= 0.6 is 0 Å². The number of aliphatic imine (C=N–C) groups is 1. The normalized spacial score (nSPS) is 15.4. The number of guanidine groups is 1. The summed E-state index contributed by atoms with van der Waals surface area (Å²) >= 11 is 0. The van der Waals surface area contributed by atoms with Gasteiger partial charge in [0.05, 0.1) is 12.6 Å². The fourth-order valence-corrected chi connectivity index (χ4v) is 3.07. The van der Waals surface area contributed by atoms with Gasteiger partial charge in [-0.15, -0.1) is 0 Å². The lowest BCUT2D eigenvalue weighted by molar-refractivity contribution is -0.144. The maximum absolute atomic E-state index is 12.9. The van der Waals surface area contributed by atoms with Gasteiger partial charge in [0.1, 0.15) is 18.1 Å². The summed E-state index contributed by atoms with van der Waals surface area (Å²) in [7, 11) is 0. The summed E-state index contributed by atoms with van der Waals surface area (Å²) in [5.74, 6) is -3.69. The lowest BCUT2D eigenvalue weighted by Gasteiger charge is -2.26. The molecule has 0 aromatic carbocycles. The number of carbonyl (C=O) groups is 4. The summed E-state index contributed by atoms with van der Waals surface area (Å²) in [4.78, 5) is 53.2. The highest BCUT2D eigenvalue weighted by Gasteiger charge is 2.31. The number of amides is 3. The third kappa shape index (κ3) is 11.8. The summed E-state index contributed by atoms with van der Waals surface area (Å²) in [5, 5.41) is 26.3. The number of carboxylic acids is 1. The van der Waals surface area contributed by atoms with Gasteiger partial charge in [-0.3, -0.25) is 19.4 Å². The molecule has 0 saturated heterocycles. The molecule has 0 aromatic heterocycles. The zero-order chi connectivity index (χ0) is 26.4. The Hall–Kier alpha value is -2.93. The van der Waals surface area contributed by atoms with Gasteiger partial charge in [0, 0.05) is 6.54 Å². The van der Waals surface area contributed by atoms with Crippen LogP contribution in [0.5, 0.6) is 0 Å². The minimum atomic E-state index is -1.42. The summed E-state index contributed by atoms with van der Waals surface area (Å²) in [6, 6.07) is -4.52. The third-order valence-electron chi connectivity index (χ3n) is 5.23. The second-order valence-electron chi connectivity index (χ2n) is 8.70. The molecule has 0 aliphatic carbocycles. The average Bonchev–Trinajstić information content (AvgIpc) is 2.75. The van der Waals surface area contributed by atoms with Crippen LogP contribution in [0.25, 0.3) is 0 Å². The molecule has 0 aliphatic rings. The van der Waals surface area contributed by atoms with E-state index in [1.54, 1.807) is 13.8 Å². The Morgan fingerprint density at radius 3 is 1.97 bits per heavy atom. The van der Waals surface area contributed by atoms with E-state index in [0.29, 0.717) is 19.3 Å². The Morgan fingerprint density at radius 1 is 0.941 bits per heavy atom. The molecule has 0 aromatic rings. The SMILES string of the molecule is CCC(C)C(NC(=O)C(CO)NC(=O)C(CCCN=C(N)N)NC(=O)C(N)CC(C)C)C(=O)O. The van der Waals surface area contributed by atoms with Gasteiger partial charge in [-0.2, -0.15) is 0 Å². The van der Waals surface area contributed by atoms with Gasteiger partial charge in [-0.25, -0.2) is 4.79 Å². The van der Waals surface area contributed by atoms with E-state index >= 15 is 0 Å². The first-order chi connectivity index (χ1) is 15.8. The van der Waals surface area contributed by atoms with Crippen molar-refractivity contribution in [3.63, 3.8) is 0 Å². The molecule has 196 valence electrons. The van der Waals surface area contributed by atoms with Crippen LogP contribution in [0.4, 0.5) is 0 Å². The Labute approximate surface area is 200 Å². The highest BCUT2D eigenvalue weighted by atomic mass is 16.4. The van der Waals surface area contributed by atoms with Crippen molar-refractivity contribution in [1.82, 2.24) is 16.0 Å². The Morgan fingerprint density at radius 2 is 1.50 bits per heavy atom. The van der Waals surface area contributed by atoms with Crippen LogP contribution in [-0.2, 0) is 19.2 Å². The molecule has 0 rings (SSSR count). The minimum Gasteiger partial charge on any atom is -0.480 e. The summed E-state index contributed by atoms with van der Waals surface area (Å²) in [5.41, 5.74) is 16.5. The van der Waals surface area contributed by atoms with Crippen molar-refractivity contribution in [1.29, 1.82) is 0 Å². The lowest BCUT2D eigenvalue weighted by atomic mass is 9.99. The Bertz CT molecular complexity index is 712. The van der Waals surface area contributed by atoms with E-state index in [1.807, 2.05) is 13.8 Å². The number of rotatable bonds is 16. The van der Waals surface area contributed by atoms with Crippen molar-refractivity contribution in [3.05, 3.63) is 0 Å². The van der Waals surface area contributed by atoms with E-state index in [-0.39, 0.29) is 30.8 Å². The fraction of sp³-hybridized carbons (Fsp3) is 0.762. The molecule has 13 nitrogen and oxygen atoms in total. The van der Waals surface area contributed by atoms with Crippen LogP contribution in [0, 0.1) is 11.8 Å². The highest BCUT2D eigenvalue weighted by molar-refractivity contribution is 5.94. The van der Waals surface area contributed by atoms with Crippen LogP contribution < -0.4 is 33.2 Å². The van der Waals surface area contributed by atoms with Gasteiger partial charge in [0.25, 0.3) is 0 Å². The molecule has 0 radical (unpaired) electrons. The van der Waals surface area contributed by atoms with E-state index in [9.17, 15) is 29.4 Å². The summed E-state index contributed by atoms with van der Waals surface area (Å²) < 4.78 is 0. The van der Waals surface area contributed by atoms with E-state index in [0.717, 1.165) is 0 Å². The van der Waals surface area contributed by atoms with Crippen molar-refractivity contribution in [2.45, 2.75) is 77.5 Å². The molecular weight excluding hydrogens is 446 g/mol. The first kappa shape index (κ1) is 31.1. The van der Waals surface area contributed by atoms with Gasteiger partial charge in [0.2, 0.25) is 17.7 Å². The number of nitrogens with zero attached hydrogens (tertiary/aromatic N) is 1. The standard InChI is InChI=1S/C21H41N7O6/c1-5-12(4)16(20(33)34)28-19(32)15(10-29)27-18(31)14(7-6-8-25-21(23)24)26-17(30)13(22)9-11(2)3/h11-16,29H,5-10,22H2,1-4H3,(H,26,30)(H,27,31)(H,28,32)(H,33,34)(H4,23,24,25). The predicted molar refractivity (Wildman–Crippen MR) is 127 cm³/mol. The smallest absolute Gasteiger partial charge is 0.326 e. The van der Waals surface area contributed by atoms with Gasteiger partial charge in [-0.05, 0) is 31.1 Å². The number of aliphatic hydroxyl groups is 1. The quantitative estimate of drug-likeness (QED) is 0.0681. The number of carboxylic acid groups (broad SMARTS) is 1. The van der Waals surface area contributed by atoms with Crippen LogP contribution in [0.1, 0.15) is 53.4 Å². The van der Waals surface area contributed by atoms with Crippen LogP contribution in [0.2, 0.25) is 0 Å². The second-order valence-corrected chi connectivity index (χ2v) is 8.70. The van der Waals surface area contributed by atoms with Crippen molar-refractivity contribution >= 4 is 29.7 Å². The first-order valence-corrected chi connectivity index (χ1v) is 11.4. The molecule has 0 spiro atoms. The molecule has 0 bridgehead atoms. The first-order valence-electron chi connectivity index (χ1n) is 11.4. The maximum atomic E-state index is 12.9. The summed E-state index contributed by atoms with van der Waals surface area (Å²) in [6.07, 6.45) is 1.36. The van der Waals surface area contributed by atoms with Gasteiger partial charge < -0.3 is 43.4 Å². The van der Waals surface area contributed by atoms with Gasteiger partial charge >= 0.3 is 5.97 Å². The number of aliphatic hydroxyl groups excluding tert-OH is 1. The van der Waals surface area contributed by atoms with Gasteiger partial charge in [0.15, 0.2) is 5.96 Å². The molecule has 34 heavy (non-hydrogen) atoms. The van der Waals surface area contributed by atoms with Crippen LogP contribution in [0.3, 0.4) is 0 Å². The summed E-state index contributed by atoms with van der Waals surface area (Å²) in [6.45, 7) is 6.68. The van der Waals surface area contributed by atoms with Crippen molar-refractivity contribution in [2.24, 2.45) is 34.0 Å². The number of hydrogen-bond acceptors (Lipinski definition) is 7. The third-order valence-corrected chi connectivity index (χ3v) is 5.23. The van der Waals surface area contributed by atoms with Crippen LogP contribution in [-0.4, -0.2) is 77.2 Å². The monoisotopic (exact) mass is 487 g/mol. The maximum Gasteiger partial charge on any atom is 0.326 e. The van der Waals surface area contributed by atoms with Gasteiger partial charge in [-0.1, -0.05) is 34.1 Å². The second kappa shape index (κ2) is 15.8. The molecule has 5 atom stereocenters. The van der Waals surface area contributed by atoms with E-state index < -0.39 is 54.5 Å². The largest absolute Gasteiger partial charge is 0.480 e. The molecule has 3 amide bonds. The van der Waals surface area contributed by atoms with E-state index in [1.165, 1.54) is 0 Å². The Balaban J connectivity index is 5.39. The van der Waals surface area contributed by atoms with Crippen molar-refractivity contribution in [2.75, 3.05) is 13.2 Å². The van der Waals surface area contributed by atoms with Crippen LogP contribution in [0.15, 0.2) is 4.99 Å². The number of hydrogen-bond donors (Lipinski definition) is 8. The molecule has 5 unspecified atom stereocenters. The molecule has 11 N–H and O–H groups in total. The van der Waals surface area contributed by atoms with Crippen molar-refractivity contribution < 1.29 is 29.4 Å². The molecule has 0 saturated carbocycles. The zero-order valence-corrected chi connectivity index (χ0v) is 20.4.